The zero-order chi connectivity index (χ0) is 24.1. The molecule has 2 aromatic rings. The van der Waals surface area contributed by atoms with Gasteiger partial charge in [0.1, 0.15) is 6.04 Å². The van der Waals surface area contributed by atoms with Gasteiger partial charge >= 0.3 is 11.9 Å². The highest BCUT2D eigenvalue weighted by Gasteiger charge is 2.35. The van der Waals surface area contributed by atoms with Crippen LogP contribution < -0.4 is 10.6 Å². The van der Waals surface area contributed by atoms with Crippen molar-refractivity contribution in [2.24, 2.45) is 11.8 Å². The predicted octanol–water partition coefficient (Wildman–Crippen LogP) is 3.86. The first-order valence-electron chi connectivity index (χ1n) is 10.3. The molecule has 2 aromatic carbocycles. The van der Waals surface area contributed by atoms with E-state index in [0.29, 0.717) is 24.1 Å². The van der Waals surface area contributed by atoms with Crippen molar-refractivity contribution in [3.05, 3.63) is 63.6 Å². The number of aliphatic carboxylic acids is 2. The molecular formula is C23H22Cl2N2O6. The second kappa shape index (κ2) is 10.7. The number of carboxylic acid groups (broad SMARTS) is 2. The summed E-state index contributed by atoms with van der Waals surface area (Å²) in [5.41, 5.74) is 1.24. The van der Waals surface area contributed by atoms with Gasteiger partial charge in [0.25, 0.3) is 5.91 Å². The van der Waals surface area contributed by atoms with Crippen molar-refractivity contribution < 1.29 is 29.4 Å². The topological polar surface area (TPSA) is 133 Å². The van der Waals surface area contributed by atoms with E-state index in [2.05, 4.69) is 10.6 Å². The zero-order valence-electron chi connectivity index (χ0n) is 17.4. The van der Waals surface area contributed by atoms with Crippen molar-refractivity contribution in [1.82, 2.24) is 5.32 Å². The predicted molar refractivity (Wildman–Crippen MR) is 123 cm³/mol. The van der Waals surface area contributed by atoms with Gasteiger partial charge in [0.05, 0.1) is 21.5 Å². The van der Waals surface area contributed by atoms with Crippen LogP contribution >= 0.6 is 23.2 Å². The third-order valence-corrected chi connectivity index (χ3v) is 6.24. The number of benzene rings is 2. The number of anilines is 1. The van der Waals surface area contributed by atoms with E-state index < -0.39 is 41.6 Å². The van der Waals surface area contributed by atoms with E-state index in [1.807, 2.05) is 0 Å². The number of nitrogens with one attached hydrogen (secondary N) is 2. The Hall–Kier alpha value is -3.10. The average molecular weight is 493 g/mol. The summed E-state index contributed by atoms with van der Waals surface area (Å²) in [5, 5.41) is 24.2. The molecule has 8 nitrogen and oxygen atoms in total. The second-order valence-electron chi connectivity index (χ2n) is 7.90. The fourth-order valence-corrected chi connectivity index (χ4v) is 4.37. The number of halogens is 2. The lowest BCUT2D eigenvalue weighted by Crippen LogP contribution is -2.44. The molecule has 1 aliphatic rings. The zero-order valence-corrected chi connectivity index (χ0v) is 18.9. The van der Waals surface area contributed by atoms with E-state index in [9.17, 15) is 24.3 Å². The minimum Gasteiger partial charge on any atom is -0.481 e. The van der Waals surface area contributed by atoms with Crippen molar-refractivity contribution in [2.45, 2.75) is 31.7 Å². The maximum absolute atomic E-state index is 12.5. The van der Waals surface area contributed by atoms with Crippen LogP contribution in [0.25, 0.3) is 0 Å². The van der Waals surface area contributed by atoms with E-state index >= 15 is 0 Å². The number of rotatable bonds is 8. The second-order valence-corrected chi connectivity index (χ2v) is 8.71. The van der Waals surface area contributed by atoms with Gasteiger partial charge in [0.15, 0.2) is 0 Å². The Morgan fingerprint density at radius 1 is 0.939 bits per heavy atom. The van der Waals surface area contributed by atoms with Crippen LogP contribution in [-0.2, 0) is 20.8 Å². The number of carbonyl (C=O) groups is 4. The van der Waals surface area contributed by atoms with Gasteiger partial charge in [-0.25, -0.2) is 4.79 Å². The lowest BCUT2D eigenvalue weighted by molar-refractivity contribution is -0.143. The van der Waals surface area contributed by atoms with Gasteiger partial charge in [-0.1, -0.05) is 41.4 Å². The van der Waals surface area contributed by atoms with Crippen molar-refractivity contribution in [1.29, 1.82) is 0 Å². The fourth-order valence-electron chi connectivity index (χ4n) is 3.80. The molecular weight excluding hydrogens is 471 g/mol. The normalized spacial score (nSPS) is 18.4. The van der Waals surface area contributed by atoms with Gasteiger partial charge in [0.2, 0.25) is 5.91 Å². The third kappa shape index (κ3) is 6.24. The van der Waals surface area contributed by atoms with E-state index in [0.717, 1.165) is 0 Å². The van der Waals surface area contributed by atoms with Crippen molar-refractivity contribution in [2.75, 3.05) is 5.32 Å². The van der Waals surface area contributed by atoms with Crippen LogP contribution in [0.2, 0.25) is 10.0 Å². The molecule has 3 atom stereocenters. The Morgan fingerprint density at radius 2 is 1.55 bits per heavy atom. The number of carboxylic acids is 2. The molecule has 0 saturated heterocycles. The van der Waals surface area contributed by atoms with Crippen molar-refractivity contribution in [3.8, 4) is 0 Å². The van der Waals surface area contributed by atoms with Crippen LogP contribution in [0.4, 0.5) is 5.69 Å². The standard InChI is InChI=1S/C23H22Cl2N2O6/c24-16-2-1-3-17(25)19(16)21(29)26-15-8-4-12(5-9-15)10-18(23(32)33)27-20(28)13-6-7-14(11-13)22(30)31/h1-5,8-9,13-14,18H,6-7,10-11H2,(H,26,29)(H,27,28)(H,30,31)(H,32,33). The number of hydrogen-bond donors (Lipinski definition) is 4. The SMILES string of the molecule is O=C(Nc1ccc(CC(NC(=O)C2CCC(C(=O)O)C2)C(=O)O)cc1)c1c(Cl)cccc1Cl. The number of hydrogen-bond acceptors (Lipinski definition) is 4. The smallest absolute Gasteiger partial charge is 0.326 e. The lowest BCUT2D eigenvalue weighted by atomic mass is 10.0. The summed E-state index contributed by atoms with van der Waals surface area (Å²) in [6.45, 7) is 0. The molecule has 1 fully saturated rings. The molecule has 4 N–H and O–H groups in total. The molecule has 0 bridgehead atoms. The molecule has 33 heavy (non-hydrogen) atoms. The van der Waals surface area contributed by atoms with E-state index in [4.69, 9.17) is 28.3 Å². The monoisotopic (exact) mass is 492 g/mol. The quantitative estimate of drug-likeness (QED) is 0.442. The summed E-state index contributed by atoms with van der Waals surface area (Å²) >= 11 is 12.1. The van der Waals surface area contributed by atoms with Crippen LogP contribution in [0, 0.1) is 11.8 Å². The van der Waals surface area contributed by atoms with Gasteiger partial charge in [-0.2, -0.15) is 0 Å². The number of amides is 2. The first kappa shape index (κ1) is 24.5. The highest BCUT2D eigenvalue weighted by atomic mass is 35.5. The van der Waals surface area contributed by atoms with E-state index in [1.54, 1.807) is 42.5 Å². The molecule has 0 aromatic heterocycles. The van der Waals surface area contributed by atoms with Crippen molar-refractivity contribution in [3.63, 3.8) is 0 Å². The minimum atomic E-state index is -1.19. The molecule has 0 radical (unpaired) electrons. The Labute approximate surface area is 199 Å². The van der Waals surface area contributed by atoms with Crippen LogP contribution in [-0.4, -0.2) is 40.0 Å². The molecule has 0 spiro atoms. The average Bonchev–Trinajstić information content (AvgIpc) is 3.25. The third-order valence-electron chi connectivity index (χ3n) is 5.61. The molecule has 0 aliphatic heterocycles. The highest BCUT2D eigenvalue weighted by Crippen LogP contribution is 2.31. The highest BCUT2D eigenvalue weighted by molar-refractivity contribution is 6.40. The van der Waals surface area contributed by atoms with Gasteiger partial charge in [-0.3, -0.25) is 14.4 Å². The molecule has 10 heteroatoms. The Bertz CT molecular complexity index is 1050. The molecule has 0 heterocycles. The van der Waals surface area contributed by atoms with Crippen LogP contribution in [0.1, 0.15) is 35.2 Å². The molecule has 1 aliphatic carbocycles. The van der Waals surface area contributed by atoms with Crippen LogP contribution in [0.15, 0.2) is 42.5 Å². The summed E-state index contributed by atoms with van der Waals surface area (Å²) < 4.78 is 0. The van der Waals surface area contributed by atoms with Crippen LogP contribution in [0.3, 0.4) is 0 Å². The Kier molecular flexibility index (Phi) is 7.94. The largest absolute Gasteiger partial charge is 0.481 e. The summed E-state index contributed by atoms with van der Waals surface area (Å²) in [7, 11) is 0. The fraction of sp³-hybridized carbons (Fsp3) is 0.304. The minimum absolute atomic E-state index is 0.0285. The Balaban J connectivity index is 1.61. The van der Waals surface area contributed by atoms with Gasteiger partial charge in [-0.05, 0) is 49.1 Å². The summed E-state index contributed by atoms with van der Waals surface area (Å²) in [6.07, 6.45) is 1.05. The van der Waals surface area contributed by atoms with Gasteiger partial charge in [0, 0.05) is 18.0 Å². The Morgan fingerprint density at radius 3 is 2.09 bits per heavy atom. The van der Waals surface area contributed by atoms with Gasteiger partial charge < -0.3 is 20.8 Å². The summed E-state index contributed by atoms with van der Waals surface area (Å²) in [4.78, 5) is 47.7. The number of carbonyl (C=O) groups excluding carboxylic acids is 2. The van der Waals surface area contributed by atoms with Crippen LogP contribution in [0.5, 0.6) is 0 Å². The summed E-state index contributed by atoms with van der Waals surface area (Å²) in [5.74, 6) is -4.16. The van der Waals surface area contributed by atoms with E-state index in [1.165, 1.54) is 0 Å². The van der Waals surface area contributed by atoms with E-state index in [-0.39, 0.29) is 28.5 Å². The molecule has 3 rings (SSSR count). The maximum atomic E-state index is 12.5. The van der Waals surface area contributed by atoms with Crippen molar-refractivity contribution >= 4 is 52.6 Å². The first-order valence-corrected chi connectivity index (χ1v) is 11.0. The molecule has 1 saturated carbocycles. The molecule has 2 amide bonds. The maximum Gasteiger partial charge on any atom is 0.326 e. The van der Waals surface area contributed by atoms with Gasteiger partial charge in [-0.15, -0.1) is 0 Å². The lowest BCUT2D eigenvalue weighted by Gasteiger charge is -2.18. The molecule has 3 unspecified atom stereocenters. The summed E-state index contributed by atoms with van der Waals surface area (Å²) in [6, 6.07) is 10.1. The molecule has 174 valence electrons. The first-order chi connectivity index (χ1) is 15.7.